The number of aromatic nitrogens is 3. The lowest BCUT2D eigenvalue weighted by molar-refractivity contribution is 0.0813. The molecular weight excluding hydrogens is 431 g/mol. The van der Waals surface area contributed by atoms with E-state index in [2.05, 4.69) is 25.8 Å². The largest absolute Gasteiger partial charge is 0.349 e. The zero-order chi connectivity index (χ0) is 18.7. The first-order chi connectivity index (χ1) is 13.2. The summed E-state index contributed by atoms with van der Waals surface area (Å²) < 4.78 is 1.96. The Balaban J connectivity index is 0.00000150. The summed E-state index contributed by atoms with van der Waals surface area (Å²) in [5, 5.41) is 15.1. The van der Waals surface area contributed by atoms with Crippen LogP contribution in [0.3, 0.4) is 0 Å². The van der Waals surface area contributed by atoms with Gasteiger partial charge in [-0.05, 0) is 45.7 Å². The minimum Gasteiger partial charge on any atom is -0.349 e. The van der Waals surface area contributed by atoms with Crippen molar-refractivity contribution in [1.29, 1.82) is 0 Å². The second-order valence-electron chi connectivity index (χ2n) is 8.16. The molecule has 0 radical (unpaired) electrons. The van der Waals surface area contributed by atoms with E-state index in [0.717, 1.165) is 51.3 Å². The van der Waals surface area contributed by atoms with Crippen molar-refractivity contribution in [1.82, 2.24) is 30.5 Å². The molecule has 1 aliphatic carbocycles. The Hall–Kier alpha value is -0.540. The van der Waals surface area contributed by atoms with Crippen molar-refractivity contribution in [3.05, 3.63) is 11.4 Å². The Morgan fingerprint density at radius 3 is 2.52 bits per heavy atom. The van der Waals surface area contributed by atoms with E-state index in [1.807, 2.05) is 23.4 Å². The van der Waals surface area contributed by atoms with Crippen LogP contribution in [0.25, 0.3) is 0 Å². The molecule has 29 heavy (non-hydrogen) atoms. The van der Waals surface area contributed by atoms with Crippen molar-refractivity contribution >= 4 is 42.5 Å². The molecule has 10 heteroatoms. The van der Waals surface area contributed by atoms with Crippen molar-refractivity contribution in [2.45, 2.75) is 57.0 Å². The maximum absolute atomic E-state index is 12.9. The van der Waals surface area contributed by atoms with Gasteiger partial charge >= 0.3 is 0 Å². The highest BCUT2D eigenvalue weighted by Crippen LogP contribution is 2.36. The van der Waals surface area contributed by atoms with Crippen LogP contribution in [0.4, 0.5) is 0 Å². The van der Waals surface area contributed by atoms with Gasteiger partial charge in [0.15, 0.2) is 5.69 Å². The number of carbonyl (C=O) groups excluding carboxylic acids is 1. The molecule has 7 nitrogen and oxygen atoms in total. The zero-order valence-corrected chi connectivity index (χ0v) is 19.6. The van der Waals surface area contributed by atoms with Gasteiger partial charge in [-0.15, -0.1) is 29.9 Å². The Morgan fingerprint density at radius 1 is 1.21 bits per heavy atom. The van der Waals surface area contributed by atoms with E-state index < -0.39 is 0 Å². The zero-order valence-electron chi connectivity index (χ0n) is 17.2. The monoisotopic (exact) mass is 464 g/mol. The summed E-state index contributed by atoms with van der Waals surface area (Å²) in [5.41, 5.74) is 1.54. The molecule has 1 saturated carbocycles. The lowest BCUT2D eigenvalue weighted by atomic mass is 9.94. The molecule has 1 aromatic rings. The van der Waals surface area contributed by atoms with Crippen LogP contribution < -0.4 is 10.6 Å². The molecule has 2 saturated heterocycles. The number of amides is 1. The van der Waals surface area contributed by atoms with Crippen LogP contribution in [0.2, 0.25) is 0 Å². The van der Waals surface area contributed by atoms with Gasteiger partial charge < -0.3 is 10.6 Å². The third kappa shape index (κ3) is 5.39. The molecule has 3 aliphatic rings. The predicted molar refractivity (Wildman–Crippen MR) is 123 cm³/mol. The van der Waals surface area contributed by atoms with E-state index in [1.165, 1.54) is 37.2 Å². The van der Waals surface area contributed by atoms with Gasteiger partial charge in [0.25, 0.3) is 5.91 Å². The summed E-state index contributed by atoms with van der Waals surface area (Å²) in [5.74, 6) is 2.35. The molecule has 4 rings (SSSR count). The van der Waals surface area contributed by atoms with Crippen molar-refractivity contribution in [3.8, 4) is 0 Å². The molecule has 1 aromatic heterocycles. The van der Waals surface area contributed by atoms with E-state index in [4.69, 9.17) is 0 Å². The second-order valence-corrected chi connectivity index (χ2v) is 9.39. The second kappa shape index (κ2) is 11.2. The van der Waals surface area contributed by atoms with Gasteiger partial charge in [0.05, 0.1) is 11.7 Å². The summed E-state index contributed by atoms with van der Waals surface area (Å²) in [4.78, 5) is 15.5. The highest BCUT2D eigenvalue weighted by atomic mass is 35.5. The molecule has 0 atom stereocenters. The minimum atomic E-state index is -0.0645. The number of hydrogen-bond donors (Lipinski definition) is 2. The first-order valence-corrected chi connectivity index (χ1v) is 11.6. The number of halogens is 2. The first-order valence-electron chi connectivity index (χ1n) is 10.4. The highest BCUT2D eigenvalue weighted by Gasteiger charge is 2.40. The van der Waals surface area contributed by atoms with Gasteiger partial charge in [0.2, 0.25) is 0 Å². The van der Waals surface area contributed by atoms with Crippen LogP contribution in [0, 0.1) is 6.92 Å². The molecule has 3 fully saturated rings. The predicted octanol–water partition coefficient (Wildman–Crippen LogP) is 2.45. The van der Waals surface area contributed by atoms with E-state index in [-0.39, 0.29) is 36.3 Å². The van der Waals surface area contributed by atoms with E-state index in [9.17, 15) is 4.79 Å². The molecule has 0 aromatic carbocycles. The smallest absolute Gasteiger partial charge is 0.273 e. The van der Waals surface area contributed by atoms with Gasteiger partial charge in [-0.3, -0.25) is 9.69 Å². The number of nitrogens with zero attached hydrogens (tertiary/aromatic N) is 4. The average molecular weight is 465 g/mol. The molecular formula is C19H34Cl2N6OS. The fourth-order valence-corrected chi connectivity index (χ4v) is 5.86. The number of nitrogens with one attached hydrogen (secondary N) is 2. The van der Waals surface area contributed by atoms with Crippen LogP contribution in [-0.4, -0.2) is 75.6 Å². The van der Waals surface area contributed by atoms with Gasteiger partial charge in [0.1, 0.15) is 0 Å². The molecule has 0 unspecified atom stereocenters. The fraction of sp³-hybridized carbons (Fsp3) is 0.842. The summed E-state index contributed by atoms with van der Waals surface area (Å²) in [6.45, 7) is 7.00. The lowest BCUT2D eigenvalue weighted by Gasteiger charge is -2.43. The van der Waals surface area contributed by atoms with Crippen LogP contribution in [0.5, 0.6) is 0 Å². The van der Waals surface area contributed by atoms with Crippen molar-refractivity contribution in [3.63, 3.8) is 0 Å². The Kier molecular flexibility index (Phi) is 9.54. The quantitative estimate of drug-likeness (QED) is 0.696. The Morgan fingerprint density at radius 2 is 1.86 bits per heavy atom. The van der Waals surface area contributed by atoms with Gasteiger partial charge in [-0.2, -0.15) is 11.8 Å². The summed E-state index contributed by atoms with van der Waals surface area (Å²) in [6.07, 6.45) is 7.01. The summed E-state index contributed by atoms with van der Waals surface area (Å²) in [6, 6.07) is 0.354. The number of rotatable bonds is 5. The standard InChI is InChI=1S/C19H32N6OS.2ClH/c1-15-17(22-23-25(15)16-4-8-20-9-5-16)18(26)21-14-19(6-2-3-7-19)24-10-12-27-13-11-24;;/h16,20H,2-14H2,1H3,(H,21,26);2*1H. The summed E-state index contributed by atoms with van der Waals surface area (Å²) in [7, 11) is 0. The van der Waals surface area contributed by atoms with Gasteiger partial charge in [-0.1, -0.05) is 18.1 Å². The molecule has 2 N–H and O–H groups in total. The summed E-state index contributed by atoms with van der Waals surface area (Å²) >= 11 is 2.04. The number of thioether (sulfide) groups is 1. The van der Waals surface area contributed by atoms with Crippen molar-refractivity contribution in [2.75, 3.05) is 44.2 Å². The molecule has 1 amide bonds. The molecule has 2 aliphatic heterocycles. The molecule has 3 heterocycles. The number of hydrogen-bond acceptors (Lipinski definition) is 6. The topological polar surface area (TPSA) is 75.1 Å². The maximum Gasteiger partial charge on any atom is 0.273 e. The van der Waals surface area contributed by atoms with E-state index in [0.29, 0.717) is 11.7 Å². The molecule has 0 bridgehead atoms. The van der Waals surface area contributed by atoms with Gasteiger partial charge in [0, 0.05) is 36.7 Å². The lowest BCUT2D eigenvalue weighted by Crippen LogP contribution is -2.56. The van der Waals surface area contributed by atoms with Crippen LogP contribution >= 0.6 is 36.6 Å². The maximum atomic E-state index is 12.9. The van der Waals surface area contributed by atoms with Crippen molar-refractivity contribution in [2.24, 2.45) is 0 Å². The Bertz CT molecular complexity index is 655. The minimum absolute atomic E-state index is 0. The molecule has 166 valence electrons. The van der Waals surface area contributed by atoms with Gasteiger partial charge in [-0.25, -0.2) is 4.68 Å². The number of piperidine rings is 1. The third-order valence-corrected chi connectivity index (χ3v) is 7.53. The highest BCUT2D eigenvalue weighted by molar-refractivity contribution is 7.99. The fourth-order valence-electron chi connectivity index (χ4n) is 4.95. The van der Waals surface area contributed by atoms with Crippen LogP contribution in [-0.2, 0) is 0 Å². The number of carbonyl (C=O) groups is 1. The molecule has 0 spiro atoms. The van der Waals surface area contributed by atoms with E-state index >= 15 is 0 Å². The first kappa shape index (κ1) is 24.7. The Labute approximate surface area is 190 Å². The van der Waals surface area contributed by atoms with Crippen LogP contribution in [0.1, 0.15) is 60.7 Å². The average Bonchev–Trinajstić information content (AvgIpc) is 3.35. The third-order valence-electron chi connectivity index (χ3n) is 6.59. The normalized spacial score (nSPS) is 22.5. The van der Waals surface area contributed by atoms with Crippen molar-refractivity contribution < 1.29 is 4.79 Å². The van der Waals surface area contributed by atoms with E-state index in [1.54, 1.807) is 0 Å². The SMILES string of the molecule is Cc1c(C(=O)NCC2(N3CCSCC3)CCCC2)nnn1C1CCNCC1.Cl.Cl. The van der Waals surface area contributed by atoms with Crippen LogP contribution in [0.15, 0.2) is 0 Å².